The van der Waals surface area contributed by atoms with Gasteiger partial charge in [-0.15, -0.1) is 0 Å². The molecule has 6 heteroatoms. The van der Waals surface area contributed by atoms with Crippen LogP contribution in [0.15, 0.2) is 22.7 Å². The molecule has 1 aromatic rings. The predicted octanol–water partition coefficient (Wildman–Crippen LogP) is 3.73. The molecule has 3 nitrogen and oxygen atoms in total. The molecule has 102 valence electrons. The maximum atomic E-state index is 11.9. The van der Waals surface area contributed by atoms with Gasteiger partial charge in [0.2, 0.25) is 0 Å². The highest BCUT2D eigenvalue weighted by Gasteiger charge is 2.28. The Kier molecular flexibility index (Phi) is 5.09. The largest absolute Gasteiger partial charge is 0.383 e. The molecule has 1 aromatic carbocycles. The zero-order valence-corrected chi connectivity index (χ0v) is 13.8. The van der Waals surface area contributed by atoms with Crippen LogP contribution in [0.1, 0.15) is 20.8 Å². The Morgan fingerprint density at radius 2 is 1.94 bits per heavy atom. The van der Waals surface area contributed by atoms with Gasteiger partial charge in [-0.25, -0.2) is 8.42 Å². The molecule has 0 spiro atoms. The average Bonchev–Trinajstić information content (AvgIpc) is 2.21. The lowest BCUT2D eigenvalue weighted by Crippen LogP contribution is -2.32. The SMILES string of the molecule is CC(C)(C)S(=O)(=O)CCNc1cc(Br)ccc1Cl. The van der Waals surface area contributed by atoms with Crippen molar-refractivity contribution in [2.45, 2.75) is 25.5 Å². The number of nitrogens with one attached hydrogen (secondary N) is 1. The Bertz CT molecular complexity index is 523. The molecule has 0 saturated carbocycles. The summed E-state index contributed by atoms with van der Waals surface area (Å²) in [5, 5.41) is 3.62. The van der Waals surface area contributed by atoms with Crippen LogP contribution < -0.4 is 5.32 Å². The lowest BCUT2D eigenvalue weighted by atomic mass is 10.3. The first kappa shape index (κ1) is 15.8. The zero-order valence-electron chi connectivity index (χ0n) is 10.6. The summed E-state index contributed by atoms with van der Waals surface area (Å²) in [7, 11) is -3.11. The van der Waals surface area contributed by atoms with Gasteiger partial charge in [0.15, 0.2) is 9.84 Å². The molecule has 0 aliphatic heterocycles. The van der Waals surface area contributed by atoms with E-state index in [0.29, 0.717) is 11.6 Å². The first-order chi connectivity index (χ1) is 8.13. The third kappa shape index (κ3) is 4.14. The summed E-state index contributed by atoms with van der Waals surface area (Å²) in [4.78, 5) is 0. The number of halogens is 2. The van der Waals surface area contributed by atoms with Crippen LogP contribution in [0, 0.1) is 0 Å². The Morgan fingerprint density at radius 3 is 2.50 bits per heavy atom. The number of hydrogen-bond donors (Lipinski definition) is 1. The van der Waals surface area contributed by atoms with E-state index in [-0.39, 0.29) is 5.75 Å². The van der Waals surface area contributed by atoms with Crippen molar-refractivity contribution in [3.8, 4) is 0 Å². The Hall–Kier alpha value is -0.260. The topological polar surface area (TPSA) is 46.2 Å². The molecule has 0 saturated heterocycles. The highest BCUT2D eigenvalue weighted by molar-refractivity contribution is 9.10. The summed E-state index contributed by atoms with van der Waals surface area (Å²) >= 11 is 9.35. The van der Waals surface area contributed by atoms with E-state index in [0.717, 1.165) is 10.2 Å². The molecular weight excluding hydrogens is 338 g/mol. The molecular formula is C12H17BrClNO2S. The van der Waals surface area contributed by atoms with Crippen molar-refractivity contribution >= 4 is 43.1 Å². The van der Waals surface area contributed by atoms with Gasteiger partial charge in [-0.1, -0.05) is 27.5 Å². The quantitative estimate of drug-likeness (QED) is 0.896. The highest BCUT2D eigenvalue weighted by Crippen LogP contribution is 2.25. The van der Waals surface area contributed by atoms with Gasteiger partial charge in [0.05, 0.1) is 21.2 Å². The predicted molar refractivity (Wildman–Crippen MR) is 81.2 cm³/mol. The van der Waals surface area contributed by atoms with Gasteiger partial charge >= 0.3 is 0 Å². The summed E-state index contributed by atoms with van der Waals surface area (Å²) in [6.07, 6.45) is 0. The Labute approximate surface area is 122 Å². The molecule has 0 amide bonds. The number of hydrogen-bond acceptors (Lipinski definition) is 3. The van der Waals surface area contributed by atoms with Gasteiger partial charge in [0, 0.05) is 11.0 Å². The molecule has 0 atom stereocenters. The molecule has 0 radical (unpaired) electrons. The zero-order chi connectivity index (χ0) is 14.0. The maximum Gasteiger partial charge on any atom is 0.156 e. The molecule has 0 aliphatic rings. The molecule has 0 aromatic heterocycles. The van der Waals surface area contributed by atoms with Crippen LogP contribution in [0.5, 0.6) is 0 Å². The maximum absolute atomic E-state index is 11.9. The highest BCUT2D eigenvalue weighted by atomic mass is 79.9. The second-order valence-corrected chi connectivity index (χ2v) is 9.17. The number of sulfone groups is 1. The number of rotatable bonds is 4. The molecule has 1 rings (SSSR count). The third-order valence-corrected chi connectivity index (χ3v) is 5.98. The van der Waals surface area contributed by atoms with Gasteiger partial charge in [0.25, 0.3) is 0 Å². The lowest BCUT2D eigenvalue weighted by Gasteiger charge is -2.19. The second kappa shape index (κ2) is 5.80. The Balaban J connectivity index is 2.65. The van der Waals surface area contributed by atoms with Crippen LogP contribution in [0.25, 0.3) is 0 Å². The van der Waals surface area contributed by atoms with E-state index in [1.165, 1.54) is 0 Å². The molecule has 0 aliphatic carbocycles. The summed E-state index contributed by atoms with van der Waals surface area (Å²) in [5.41, 5.74) is 0.732. The van der Waals surface area contributed by atoms with Crippen molar-refractivity contribution < 1.29 is 8.42 Å². The smallest absolute Gasteiger partial charge is 0.156 e. The fraction of sp³-hybridized carbons (Fsp3) is 0.500. The van der Waals surface area contributed by atoms with Crippen molar-refractivity contribution in [1.82, 2.24) is 0 Å². The minimum atomic E-state index is -3.11. The average molecular weight is 355 g/mol. The fourth-order valence-electron chi connectivity index (χ4n) is 1.26. The van der Waals surface area contributed by atoms with Gasteiger partial charge in [0.1, 0.15) is 0 Å². The summed E-state index contributed by atoms with van der Waals surface area (Å²) in [5.74, 6) is 0.0827. The lowest BCUT2D eigenvalue weighted by molar-refractivity contribution is 0.560. The van der Waals surface area contributed by atoms with E-state index in [4.69, 9.17) is 11.6 Å². The van der Waals surface area contributed by atoms with E-state index in [1.54, 1.807) is 26.8 Å². The van der Waals surface area contributed by atoms with Crippen LogP contribution in [-0.2, 0) is 9.84 Å². The normalized spacial score (nSPS) is 12.5. The number of anilines is 1. The third-order valence-electron chi connectivity index (χ3n) is 2.55. The van der Waals surface area contributed by atoms with Crippen molar-refractivity contribution in [2.24, 2.45) is 0 Å². The summed E-state index contributed by atoms with van der Waals surface area (Å²) in [6, 6.07) is 5.41. The van der Waals surface area contributed by atoms with E-state index >= 15 is 0 Å². The van der Waals surface area contributed by atoms with Crippen LogP contribution >= 0.6 is 27.5 Å². The van der Waals surface area contributed by atoms with Crippen LogP contribution in [0.4, 0.5) is 5.69 Å². The Morgan fingerprint density at radius 1 is 1.33 bits per heavy atom. The van der Waals surface area contributed by atoms with Crippen LogP contribution in [0.3, 0.4) is 0 Å². The molecule has 0 heterocycles. The van der Waals surface area contributed by atoms with Gasteiger partial charge in [-0.2, -0.15) is 0 Å². The first-order valence-corrected chi connectivity index (χ1v) is 8.37. The minimum absolute atomic E-state index is 0.0827. The molecule has 18 heavy (non-hydrogen) atoms. The second-order valence-electron chi connectivity index (χ2n) is 4.98. The first-order valence-electron chi connectivity index (χ1n) is 5.55. The van der Waals surface area contributed by atoms with E-state index < -0.39 is 14.6 Å². The van der Waals surface area contributed by atoms with E-state index in [2.05, 4.69) is 21.2 Å². The summed E-state index contributed by atoms with van der Waals surface area (Å²) < 4.78 is 24.0. The van der Waals surface area contributed by atoms with Crippen LogP contribution in [-0.4, -0.2) is 25.5 Å². The molecule has 0 fully saturated rings. The monoisotopic (exact) mass is 353 g/mol. The van der Waals surface area contributed by atoms with Crippen molar-refractivity contribution in [3.05, 3.63) is 27.7 Å². The molecule has 1 N–H and O–H groups in total. The molecule has 0 bridgehead atoms. The molecule has 0 unspecified atom stereocenters. The van der Waals surface area contributed by atoms with Crippen molar-refractivity contribution in [2.75, 3.05) is 17.6 Å². The van der Waals surface area contributed by atoms with Gasteiger partial charge < -0.3 is 5.32 Å². The van der Waals surface area contributed by atoms with E-state index in [9.17, 15) is 8.42 Å². The van der Waals surface area contributed by atoms with Crippen LogP contribution in [0.2, 0.25) is 5.02 Å². The van der Waals surface area contributed by atoms with Crippen molar-refractivity contribution in [3.63, 3.8) is 0 Å². The number of benzene rings is 1. The van der Waals surface area contributed by atoms with Gasteiger partial charge in [-0.3, -0.25) is 0 Å². The fourth-order valence-corrected chi connectivity index (χ4v) is 2.79. The minimum Gasteiger partial charge on any atom is -0.383 e. The van der Waals surface area contributed by atoms with E-state index in [1.807, 2.05) is 12.1 Å². The standard InChI is InChI=1S/C12H17BrClNO2S/c1-12(2,3)18(16,17)7-6-15-11-8-9(13)4-5-10(11)14/h4-5,8,15H,6-7H2,1-3H3. The summed E-state index contributed by atoms with van der Waals surface area (Å²) in [6.45, 7) is 5.45. The van der Waals surface area contributed by atoms with Crippen molar-refractivity contribution in [1.29, 1.82) is 0 Å². The van der Waals surface area contributed by atoms with Gasteiger partial charge in [-0.05, 0) is 39.0 Å².